The molecular formula is C7H9CsO3S. The number of benzene rings is 1. The van der Waals surface area contributed by atoms with Crippen LogP contribution in [0.5, 0.6) is 0 Å². The average Bonchev–Trinajstić information content (AvgIpc) is 1.86. The predicted octanol–water partition coefficient (Wildman–Crippen LogP) is -1.64. The van der Waals surface area contributed by atoms with Crippen LogP contribution < -0.4 is 68.9 Å². The fourth-order valence-corrected chi connectivity index (χ4v) is 1.19. The van der Waals surface area contributed by atoms with E-state index in [1.165, 1.54) is 12.1 Å². The quantitative estimate of drug-likeness (QED) is 0.633. The predicted molar refractivity (Wildman–Crippen MR) is 42.1 cm³/mol. The van der Waals surface area contributed by atoms with E-state index >= 15 is 0 Å². The van der Waals surface area contributed by atoms with Crippen LogP contribution >= 0.6 is 0 Å². The fourth-order valence-electron chi connectivity index (χ4n) is 0.710. The van der Waals surface area contributed by atoms with E-state index in [2.05, 4.69) is 0 Å². The molecule has 0 aromatic heterocycles. The number of rotatable bonds is 1. The molecule has 0 saturated heterocycles. The first-order chi connectivity index (χ1) is 5.00. The third kappa shape index (κ3) is 3.93. The zero-order valence-corrected chi connectivity index (χ0v) is 14.1. The maximum absolute atomic E-state index is 10.5. The first kappa shape index (κ1) is 13.2. The summed E-state index contributed by atoms with van der Waals surface area (Å²) in [6.45, 7) is 1.84. The van der Waals surface area contributed by atoms with Crippen molar-refractivity contribution in [1.29, 1.82) is 0 Å². The molecule has 1 aromatic carbocycles. The van der Waals surface area contributed by atoms with Crippen LogP contribution in [0.3, 0.4) is 0 Å². The van der Waals surface area contributed by atoms with Gasteiger partial charge in [-0.25, -0.2) is 0 Å². The summed E-state index contributed by atoms with van der Waals surface area (Å²) in [7, 11) is -4.02. The first-order valence-corrected chi connectivity index (χ1v) is 4.48. The van der Waals surface area contributed by atoms with Gasteiger partial charge in [0.1, 0.15) is 0 Å². The molecule has 0 atom stereocenters. The Kier molecular flexibility index (Phi) is 5.67. The van der Waals surface area contributed by atoms with Crippen LogP contribution in [-0.4, -0.2) is 13.0 Å². The molecule has 1 N–H and O–H groups in total. The Labute approximate surface area is 132 Å². The summed E-state index contributed by atoms with van der Waals surface area (Å²) in [5, 5.41) is 0. The fraction of sp³-hybridized carbons (Fsp3) is 0.143. The molecule has 1 rings (SSSR count). The maximum atomic E-state index is 10.5. The van der Waals surface area contributed by atoms with E-state index in [0.717, 1.165) is 5.56 Å². The van der Waals surface area contributed by atoms with Gasteiger partial charge in [0.25, 0.3) is 10.1 Å². The second-order valence-corrected chi connectivity index (χ2v) is 3.71. The zero-order valence-electron chi connectivity index (χ0n) is 7.98. The molecule has 0 aliphatic heterocycles. The zero-order chi connectivity index (χ0) is 8.48. The monoisotopic (exact) mass is 306 g/mol. The molecule has 0 saturated carbocycles. The van der Waals surface area contributed by atoms with Gasteiger partial charge < -0.3 is 1.43 Å². The van der Waals surface area contributed by atoms with Crippen LogP contribution in [0.1, 0.15) is 6.99 Å². The van der Waals surface area contributed by atoms with Crippen molar-refractivity contribution in [2.45, 2.75) is 11.8 Å². The van der Waals surface area contributed by atoms with E-state index in [0.29, 0.717) is 0 Å². The molecule has 0 radical (unpaired) electrons. The third-order valence-electron chi connectivity index (χ3n) is 1.32. The van der Waals surface area contributed by atoms with Crippen LogP contribution in [0.2, 0.25) is 0 Å². The molecule has 0 unspecified atom stereocenters. The first-order valence-electron chi connectivity index (χ1n) is 3.04. The van der Waals surface area contributed by atoms with Gasteiger partial charge in [-0.15, -0.1) is 0 Å². The molecule has 3 nitrogen and oxygen atoms in total. The number of aryl methyl sites for hydroxylation is 1. The van der Waals surface area contributed by atoms with Crippen LogP contribution in [0, 0.1) is 6.92 Å². The Morgan fingerprint density at radius 1 is 1.25 bits per heavy atom. The van der Waals surface area contributed by atoms with E-state index in [9.17, 15) is 8.42 Å². The van der Waals surface area contributed by atoms with Crippen LogP contribution in [-0.2, 0) is 10.1 Å². The minimum atomic E-state index is -4.02. The summed E-state index contributed by atoms with van der Waals surface area (Å²) in [5.41, 5.74) is 0.956. The molecule has 62 valence electrons. The molecule has 5 heteroatoms. The Morgan fingerprint density at radius 2 is 1.67 bits per heavy atom. The maximum Gasteiger partial charge on any atom is 1.00 e. The van der Waals surface area contributed by atoms with Gasteiger partial charge in [0.05, 0.1) is 4.90 Å². The Morgan fingerprint density at radius 3 is 2.00 bits per heavy atom. The smallest absolute Gasteiger partial charge is 1.00 e. The molecular weight excluding hydrogens is 297 g/mol. The number of hydrogen-bond donors (Lipinski definition) is 1. The largest absolute Gasteiger partial charge is 1.00 e. The molecule has 0 amide bonds. The Bertz CT molecular complexity index is 347. The van der Waals surface area contributed by atoms with Gasteiger partial charge in [0, 0.05) is 0 Å². The average molecular weight is 306 g/mol. The normalized spacial score (nSPS) is 10.5. The molecule has 12 heavy (non-hydrogen) atoms. The van der Waals surface area contributed by atoms with Crippen LogP contribution in [0.25, 0.3) is 0 Å². The van der Waals surface area contributed by atoms with Crippen molar-refractivity contribution in [3.63, 3.8) is 0 Å². The topological polar surface area (TPSA) is 54.4 Å². The van der Waals surface area contributed by atoms with E-state index in [1.54, 1.807) is 12.1 Å². The molecule has 0 aliphatic carbocycles. The van der Waals surface area contributed by atoms with Gasteiger partial charge in [0.15, 0.2) is 0 Å². The van der Waals surface area contributed by atoms with E-state index in [4.69, 9.17) is 4.55 Å². The van der Waals surface area contributed by atoms with Crippen LogP contribution in [0.15, 0.2) is 29.2 Å². The van der Waals surface area contributed by atoms with E-state index < -0.39 is 10.1 Å². The molecule has 0 fully saturated rings. The molecule has 1 aromatic rings. The summed E-state index contributed by atoms with van der Waals surface area (Å²) in [6, 6.07) is 5.99. The van der Waals surface area contributed by atoms with Gasteiger partial charge in [-0.05, 0) is 19.1 Å². The second-order valence-electron chi connectivity index (χ2n) is 2.29. The molecule has 0 aliphatic rings. The molecule has 0 spiro atoms. The van der Waals surface area contributed by atoms with Crippen molar-refractivity contribution in [3.05, 3.63) is 29.8 Å². The minimum Gasteiger partial charge on any atom is -1.00 e. The van der Waals surface area contributed by atoms with Gasteiger partial charge in [-0.1, -0.05) is 17.7 Å². The third-order valence-corrected chi connectivity index (χ3v) is 2.19. The van der Waals surface area contributed by atoms with E-state index in [-0.39, 0.29) is 75.2 Å². The van der Waals surface area contributed by atoms with Crippen LogP contribution in [0.4, 0.5) is 0 Å². The van der Waals surface area contributed by atoms with Crippen molar-refractivity contribution >= 4 is 10.1 Å². The minimum absolute atomic E-state index is 0. The van der Waals surface area contributed by atoms with Crippen molar-refractivity contribution in [2.24, 2.45) is 0 Å². The van der Waals surface area contributed by atoms with Crippen molar-refractivity contribution < 1.29 is 83.3 Å². The van der Waals surface area contributed by atoms with Crippen molar-refractivity contribution in [2.75, 3.05) is 0 Å². The van der Waals surface area contributed by atoms with Crippen molar-refractivity contribution in [1.82, 2.24) is 0 Å². The Hall–Kier alpha value is 1.18. The molecule has 0 heterocycles. The van der Waals surface area contributed by atoms with Gasteiger partial charge in [0.2, 0.25) is 0 Å². The Balaban J connectivity index is 0. The standard InChI is InChI=1S/C7H8O3S.Cs.H/c1-6-2-4-7(5-3-6)11(8,9)10;;/h2-5H,1H3,(H,8,9,10);;/q;+1;-1. The van der Waals surface area contributed by atoms with Gasteiger partial charge in [-0.3, -0.25) is 4.55 Å². The second kappa shape index (κ2) is 5.16. The van der Waals surface area contributed by atoms with Crippen molar-refractivity contribution in [3.8, 4) is 0 Å². The molecule has 0 bridgehead atoms. The summed E-state index contributed by atoms with van der Waals surface area (Å²) < 4.78 is 29.6. The summed E-state index contributed by atoms with van der Waals surface area (Å²) in [5.74, 6) is 0. The summed E-state index contributed by atoms with van der Waals surface area (Å²) in [4.78, 5) is -0.0666. The summed E-state index contributed by atoms with van der Waals surface area (Å²) in [6.07, 6.45) is 0. The number of hydrogen-bond acceptors (Lipinski definition) is 2. The van der Waals surface area contributed by atoms with Gasteiger partial charge >= 0.3 is 68.9 Å². The van der Waals surface area contributed by atoms with Gasteiger partial charge in [-0.2, -0.15) is 8.42 Å². The summed E-state index contributed by atoms with van der Waals surface area (Å²) >= 11 is 0. The van der Waals surface area contributed by atoms with E-state index in [1.807, 2.05) is 6.92 Å². The SMILES string of the molecule is Cc1ccc(S(=O)(=O)O)cc1.[Cs+].[H-].